The summed E-state index contributed by atoms with van der Waals surface area (Å²) in [5.74, 6) is 0. The molecule has 69 valence electrons. The highest BCUT2D eigenvalue weighted by Gasteiger charge is 2.03. The van der Waals surface area contributed by atoms with Gasteiger partial charge in [0.25, 0.3) is 0 Å². The maximum Gasteiger partial charge on any atom is 0.372 e. The Morgan fingerprint density at radius 2 is 2.15 bits per heavy atom. The van der Waals surface area contributed by atoms with Gasteiger partial charge in [0.15, 0.2) is 0 Å². The van der Waals surface area contributed by atoms with Crippen molar-refractivity contribution in [2.75, 3.05) is 0 Å². The van der Waals surface area contributed by atoms with Crippen molar-refractivity contribution in [1.82, 2.24) is 0 Å². The van der Waals surface area contributed by atoms with Gasteiger partial charge in [-0.2, -0.15) is 0 Å². The first-order chi connectivity index (χ1) is 6.33. The summed E-state index contributed by atoms with van der Waals surface area (Å²) in [4.78, 5) is 12.0. The summed E-state index contributed by atoms with van der Waals surface area (Å²) in [6.45, 7) is 3.42. The Balaban J connectivity index is 2.37. The molecule has 1 aromatic carbocycles. The van der Waals surface area contributed by atoms with Crippen LogP contribution >= 0.6 is 11.8 Å². The van der Waals surface area contributed by atoms with Crippen LogP contribution in [-0.4, -0.2) is 5.30 Å². The van der Waals surface area contributed by atoms with Crippen LogP contribution < -0.4 is 0 Å². The number of hydrogen-bond donors (Lipinski definition) is 0. The van der Waals surface area contributed by atoms with Crippen LogP contribution in [0.3, 0.4) is 0 Å². The highest BCUT2D eigenvalue weighted by Crippen LogP contribution is 2.19. The maximum absolute atomic E-state index is 11.1. The third kappa shape index (κ3) is 3.99. The highest BCUT2D eigenvalue weighted by molar-refractivity contribution is 8.13. The van der Waals surface area contributed by atoms with Gasteiger partial charge in [-0.05, 0) is 30.3 Å². The van der Waals surface area contributed by atoms with Crippen LogP contribution in [0.2, 0.25) is 0 Å². The second-order valence-electron chi connectivity index (χ2n) is 2.36. The van der Waals surface area contributed by atoms with Gasteiger partial charge < -0.3 is 4.74 Å². The number of rotatable bonds is 3. The molecular formula is C10H11O2S. The second-order valence-corrected chi connectivity index (χ2v) is 3.37. The van der Waals surface area contributed by atoms with Crippen LogP contribution in [0.15, 0.2) is 35.2 Å². The van der Waals surface area contributed by atoms with Crippen LogP contribution in [0.5, 0.6) is 0 Å². The maximum atomic E-state index is 11.1. The summed E-state index contributed by atoms with van der Waals surface area (Å²) >= 11 is 1.09. The Bertz CT molecular complexity index is 259. The lowest BCUT2D eigenvalue weighted by Crippen LogP contribution is -1.92. The second kappa shape index (κ2) is 5.65. The number of hydrogen-bond acceptors (Lipinski definition) is 3. The van der Waals surface area contributed by atoms with Gasteiger partial charge in [-0.3, -0.25) is 0 Å². The molecular weight excluding hydrogens is 184 g/mol. The number of thioether (sulfide) groups is 1. The van der Waals surface area contributed by atoms with Gasteiger partial charge in [0, 0.05) is 4.90 Å². The Labute approximate surface area is 82.3 Å². The fraction of sp³-hybridized carbons (Fsp3) is 0.200. The van der Waals surface area contributed by atoms with Crippen molar-refractivity contribution in [1.29, 1.82) is 0 Å². The predicted octanol–water partition coefficient (Wildman–Crippen LogP) is 3.49. The molecule has 3 heteroatoms. The summed E-state index contributed by atoms with van der Waals surface area (Å²) in [5, 5.41) is -0.284. The molecule has 1 radical (unpaired) electrons. The molecule has 0 spiro atoms. The molecule has 0 saturated carbocycles. The topological polar surface area (TPSA) is 26.3 Å². The first-order valence-corrected chi connectivity index (χ1v) is 4.89. The van der Waals surface area contributed by atoms with Crippen LogP contribution in [-0.2, 0) is 4.74 Å². The molecule has 0 aromatic heterocycles. The van der Waals surface area contributed by atoms with Crippen molar-refractivity contribution in [3.8, 4) is 0 Å². The molecule has 0 N–H and O–H groups in total. The fourth-order valence-corrected chi connectivity index (χ4v) is 1.36. The quantitative estimate of drug-likeness (QED) is 0.545. The zero-order chi connectivity index (χ0) is 9.52. The Hall–Kier alpha value is -0.960. The van der Waals surface area contributed by atoms with E-state index in [9.17, 15) is 4.79 Å². The number of carbonyl (C=O) groups is 1. The number of carbonyl (C=O) groups excluding carboxylic acids is 1. The van der Waals surface area contributed by atoms with E-state index in [2.05, 4.69) is 0 Å². The van der Waals surface area contributed by atoms with E-state index in [1.165, 1.54) is 6.61 Å². The molecule has 0 fully saturated rings. The Morgan fingerprint density at radius 1 is 1.46 bits per heavy atom. The van der Waals surface area contributed by atoms with Crippen molar-refractivity contribution >= 4 is 17.1 Å². The first kappa shape index (κ1) is 10.1. The molecule has 0 aliphatic heterocycles. The van der Waals surface area contributed by atoms with E-state index >= 15 is 0 Å². The normalized spacial score (nSPS) is 9.62. The lowest BCUT2D eigenvalue weighted by atomic mass is 10.4. The number of benzene rings is 1. The molecule has 1 rings (SSSR count). The van der Waals surface area contributed by atoms with E-state index in [1.807, 2.05) is 37.3 Å². The van der Waals surface area contributed by atoms with Crippen molar-refractivity contribution < 1.29 is 9.53 Å². The highest BCUT2D eigenvalue weighted by atomic mass is 32.2. The van der Waals surface area contributed by atoms with Crippen molar-refractivity contribution in [2.45, 2.75) is 18.2 Å². The van der Waals surface area contributed by atoms with Crippen molar-refractivity contribution in [3.05, 3.63) is 36.9 Å². The molecule has 2 nitrogen and oxygen atoms in total. The van der Waals surface area contributed by atoms with Crippen molar-refractivity contribution in [2.24, 2.45) is 0 Å². The van der Waals surface area contributed by atoms with Crippen LogP contribution in [0.25, 0.3) is 0 Å². The minimum atomic E-state index is -0.284. The largest absolute Gasteiger partial charge is 0.450 e. The molecule has 13 heavy (non-hydrogen) atoms. The van der Waals surface area contributed by atoms with Crippen LogP contribution in [0.4, 0.5) is 4.79 Å². The fourth-order valence-electron chi connectivity index (χ4n) is 0.760. The third-order valence-electron chi connectivity index (χ3n) is 1.29. The van der Waals surface area contributed by atoms with E-state index in [0.29, 0.717) is 0 Å². The molecule has 0 amide bonds. The Morgan fingerprint density at radius 3 is 2.77 bits per heavy atom. The molecule has 0 unspecified atom stereocenters. The van der Waals surface area contributed by atoms with Gasteiger partial charge >= 0.3 is 5.30 Å². The molecule has 0 heterocycles. The van der Waals surface area contributed by atoms with Gasteiger partial charge in [0.1, 0.15) is 6.61 Å². The smallest absolute Gasteiger partial charge is 0.372 e. The zero-order valence-corrected chi connectivity index (χ0v) is 8.21. The molecule has 0 bridgehead atoms. The lowest BCUT2D eigenvalue weighted by molar-refractivity contribution is 0.199. The lowest BCUT2D eigenvalue weighted by Gasteiger charge is -2.00. The third-order valence-corrected chi connectivity index (χ3v) is 2.06. The average Bonchev–Trinajstić information content (AvgIpc) is 2.16. The minimum absolute atomic E-state index is 0.284. The SMILES string of the molecule is CC[CH]OC(=O)Sc1ccccc1. The molecule has 0 saturated heterocycles. The van der Waals surface area contributed by atoms with Gasteiger partial charge in [-0.25, -0.2) is 4.79 Å². The molecule has 0 atom stereocenters. The summed E-state index contributed by atoms with van der Waals surface area (Å²) in [7, 11) is 0. The van der Waals surface area contributed by atoms with Gasteiger partial charge in [-0.15, -0.1) is 0 Å². The molecule has 1 aromatic rings. The molecule has 0 aliphatic rings. The Kier molecular flexibility index (Phi) is 4.40. The zero-order valence-electron chi connectivity index (χ0n) is 7.40. The van der Waals surface area contributed by atoms with Crippen molar-refractivity contribution in [3.63, 3.8) is 0 Å². The summed E-state index contributed by atoms with van der Waals surface area (Å²) in [5.41, 5.74) is 0. The number of ether oxygens (including phenoxy) is 1. The van der Waals surface area contributed by atoms with Gasteiger partial charge in [0.05, 0.1) is 0 Å². The van der Waals surface area contributed by atoms with E-state index < -0.39 is 0 Å². The van der Waals surface area contributed by atoms with Crippen LogP contribution in [0, 0.1) is 6.61 Å². The predicted molar refractivity (Wildman–Crippen MR) is 53.4 cm³/mol. The van der Waals surface area contributed by atoms with E-state index in [4.69, 9.17) is 4.74 Å². The monoisotopic (exact) mass is 195 g/mol. The minimum Gasteiger partial charge on any atom is -0.450 e. The summed E-state index contributed by atoms with van der Waals surface area (Å²) in [6.07, 6.45) is 0.737. The van der Waals surface area contributed by atoms with E-state index in [-0.39, 0.29) is 5.30 Å². The first-order valence-electron chi connectivity index (χ1n) is 4.08. The summed E-state index contributed by atoms with van der Waals surface area (Å²) < 4.78 is 4.79. The van der Waals surface area contributed by atoms with Crippen LogP contribution in [0.1, 0.15) is 13.3 Å². The standard InChI is InChI=1S/C10H11O2S/c1-2-8-12-10(11)13-9-6-4-3-5-7-9/h3-8H,2H2,1H3. The molecule has 0 aliphatic carbocycles. The summed E-state index contributed by atoms with van der Waals surface area (Å²) in [6, 6.07) is 9.43. The van der Waals surface area contributed by atoms with E-state index in [0.717, 1.165) is 23.1 Å². The van der Waals surface area contributed by atoms with Gasteiger partial charge in [-0.1, -0.05) is 25.1 Å². The van der Waals surface area contributed by atoms with Gasteiger partial charge in [0.2, 0.25) is 0 Å². The van der Waals surface area contributed by atoms with E-state index in [1.54, 1.807) is 0 Å². The average molecular weight is 195 g/mol.